The molecule has 3 aromatic rings. The van der Waals surface area contributed by atoms with Gasteiger partial charge in [0, 0.05) is 24.0 Å². The molecule has 0 aliphatic carbocycles. The highest BCUT2D eigenvalue weighted by Crippen LogP contribution is 2.40. The predicted molar refractivity (Wildman–Crippen MR) is 136 cm³/mol. The average molecular weight is 473 g/mol. The van der Waals surface area contributed by atoms with E-state index in [1.807, 2.05) is 6.92 Å². The molecule has 1 aromatic heterocycles. The number of ether oxygens (including phenoxy) is 2. The number of hydrogen-bond donors (Lipinski definition) is 1. The minimum Gasteiger partial charge on any atom is -0.480 e. The van der Waals surface area contributed by atoms with E-state index in [-0.39, 0.29) is 17.7 Å². The summed E-state index contributed by atoms with van der Waals surface area (Å²) in [5.74, 6) is -0.359. The van der Waals surface area contributed by atoms with Crippen molar-refractivity contribution < 1.29 is 18.8 Å². The Kier molecular flexibility index (Phi) is 7.12. The molecule has 8 nitrogen and oxygen atoms in total. The second kappa shape index (κ2) is 9.41. The first-order valence-corrected chi connectivity index (χ1v) is 12.1. The van der Waals surface area contributed by atoms with Crippen LogP contribution in [-0.4, -0.2) is 53.4 Å². The van der Waals surface area contributed by atoms with Crippen molar-refractivity contribution in [3.63, 3.8) is 0 Å². The van der Waals surface area contributed by atoms with E-state index in [1.165, 1.54) is 0 Å². The summed E-state index contributed by atoms with van der Waals surface area (Å²) in [6.07, 6.45) is 0.942. The molecule has 186 valence electrons. The number of anilines is 1. The van der Waals surface area contributed by atoms with Crippen LogP contribution < -0.4 is 21.3 Å². The molecule has 0 aliphatic heterocycles. The van der Waals surface area contributed by atoms with Gasteiger partial charge in [0.15, 0.2) is 6.61 Å². The molecule has 0 saturated heterocycles. The van der Waals surface area contributed by atoms with Crippen LogP contribution in [0.2, 0.25) is 0 Å². The molecule has 2 N–H and O–H groups in total. The number of hydrogen-bond acceptors (Lipinski definition) is 6. The SMILES string of the molecule is CC[N+](CC)(CC)CCCn1c(C)c(N)c2c(OCC(=O)OC(C)(C)C)c3c(=O)c(=O)c3cc21. The molecule has 8 heteroatoms. The quantitative estimate of drug-likeness (QED) is 0.276. The number of nitrogens with two attached hydrogens (primary N) is 1. The topological polar surface area (TPSA) is 101 Å². The highest BCUT2D eigenvalue weighted by Gasteiger charge is 2.27. The highest BCUT2D eigenvalue weighted by atomic mass is 16.6. The van der Waals surface area contributed by atoms with E-state index in [4.69, 9.17) is 15.2 Å². The van der Waals surface area contributed by atoms with Crippen molar-refractivity contribution in [1.29, 1.82) is 0 Å². The smallest absolute Gasteiger partial charge is 0.344 e. The van der Waals surface area contributed by atoms with Gasteiger partial charge in [0.05, 0.1) is 48.2 Å². The van der Waals surface area contributed by atoms with Crippen LogP contribution in [0.1, 0.15) is 53.7 Å². The summed E-state index contributed by atoms with van der Waals surface area (Å²) in [6.45, 7) is 18.5. The third-order valence-corrected chi connectivity index (χ3v) is 7.07. The number of aromatic nitrogens is 1. The molecule has 3 rings (SSSR count). The summed E-state index contributed by atoms with van der Waals surface area (Å²) in [4.78, 5) is 36.9. The van der Waals surface area contributed by atoms with Gasteiger partial charge in [0.25, 0.3) is 0 Å². The van der Waals surface area contributed by atoms with Crippen molar-refractivity contribution in [3.05, 3.63) is 32.2 Å². The van der Waals surface area contributed by atoms with Gasteiger partial charge >= 0.3 is 5.97 Å². The fraction of sp³-hybridized carbons (Fsp3) is 0.577. The zero-order valence-electron chi connectivity index (χ0n) is 21.5. The van der Waals surface area contributed by atoms with Crippen molar-refractivity contribution in [3.8, 4) is 5.75 Å². The minimum atomic E-state index is -0.661. The first-order chi connectivity index (χ1) is 15.9. The number of aryl methyl sites for hydroxylation is 1. The van der Waals surface area contributed by atoms with Crippen molar-refractivity contribution in [1.82, 2.24) is 4.57 Å². The van der Waals surface area contributed by atoms with Crippen LogP contribution in [0, 0.1) is 6.92 Å². The molecule has 0 fully saturated rings. The van der Waals surface area contributed by atoms with Gasteiger partial charge in [-0.05, 0) is 54.5 Å². The molecule has 0 unspecified atom stereocenters. The number of quaternary nitrogens is 1. The van der Waals surface area contributed by atoms with Gasteiger partial charge in [-0.2, -0.15) is 0 Å². The van der Waals surface area contributed by atoms with Crippen molar-refractivity contribution in [2.75, 3.05) is 38.5 Å². The maximum absolute atomic E-state index is 12.4. The lowest BCUT2D eigenvalue weighted by molar-refractivity contribution is -0.923. The van der Waals surface area contributed by atoms with Gasteiger partial charge in [-0.15, -0.1) is 0 Å². The Bertz CT molecular complexity index is 1280. The molecule has 0 spiro atoms. The second-order valence-corrected chi connectivity index (χ2v) is 10.1. The first-order valence-electron chi connectivity index (χ1n) is 12.1. The summed E-state index contributed by atoms with van der Waals surface area (Å²) >= 11 is 0. The van der Waals surface area contributed by atoms with E-state index >= 15 is 0 Å². The maximum atomic E-state index is 12.4. The molecule has 1 heterocycles. The number of benzene rings is 1. The molecule has 0 radical (unpaired) electrons. The summed E-state index contributed by atoms with van der Waals surface area (Å²) < 4.78 is 14.3. The third-order valence-electron chi connectivity index (χ3n) is 7.07. The number of fused-ring (bicyclic) bond motifs is 2. The van der Waals surface area contributed by atoms with Crippen molar-refractivity contribution >= 4 is 33.3 Å². The molecule has 0 aliphatic rings. The van der Waals surface area contributed by atoms with E-state index in [0.717, 1.165) is 54.8 Å². The lowest BCUT2D eigenvalue weighted by Gasteiger charge is -2.36. The fourth-order valence-corrected chi connectivity index (χ4v) is 4.85. The standard InChI is InChI=1S/C26H38N3O5/c1-8-29(9-2,10-3)13-11-12-28-16(4)22(27)21-18(28)14-17-20(24(32)23(17)31)25(21)33-15-19(30)34-26(5,6)7/h14H,8-13,15,27H2,1-7H3/q+1. The fourth-order valence-electron chi connectivity index (χ4n) is 4.85. The number of nitrogen functional groups attached to an aromatic ring is 1. The summed E-state index contributed by atoms with van der Waals surface area (Å²) in [6, 6.07) is 1.74. The number of rotatable bonds is 10. The average Bonchev–Trinajstić information content (AvgIpc) is 3.03. The first kappa shape index (κ1) is 25.7. The van der Waals surface area contributed by atoms with Gasteiger partial charge in [-0.25, -0.2) is 4.79 Å². The van der Waals surface area contributed by atoms with Crippen LogP contribution in [-0.2, 0) is 16.1 Å². The second-order valence-electron chi connectivity index (χ2n) is 10.1. The molecular formula is C26H38N3O5+. The van der Waals surface area contributed by atoms with Gasteiger partial charge in [-0.1, -0.05) is 0 Å². The zero-order valence-corrected chi connectivity index (χ0v) is 21.5. The van der Waals surface area contributed by atoms with Gasteiger partial charge in [0.2, 0.25) is 10.9 Å². The molecule has 2 aromatic carbocycles. The Balaban J connectivity index is 2.02. The Labute approximate surface area is 200 Å². The lowest BCUT2D eigenvalue weighted by Crippen LogP contribution is -2.48. The normalized spacial score (nSPS) is 12.7. The van der Waals surface area contributed by atoms with Crippen LogP contribution in [0.25, 0.3) is 21.7 Å². The van der Waals surface area contributed by atoms with E-state index in [1.54, 1.807) is 26.8 Å². The number of carbonyl (C=O) groups is 1. The highest BCUT2D eigenvalue weighted by molar-refractivity contribution is 6.11. The number of carbonyl (C=O) groups excluding carboxylic acids is 1. The van der Waals surface area contributed by atoms with Crippen molar-refractivity contribution in [2.45, 2.75) is 67.0 Å². The summed E-state index contributed by atoms with van der Waals surface area (Å²) in [5, 5.41) is 1.09. The Morgan fingerprint density at radius 3 is 2.24 bits per heavy atom. The van der Waals surface area contributed by atoms with Crippen LogP contribution in [0.15, 0.2) is 15.7 Å². The minimum absolute atomic E-state index is 0.197. The largest absolute Gasteiger partial charge is 0.480 e. The predicted octanol–water partition coefficient (Wildman–Crippen LogP) is 3.27. The summed E-state index contributed by atoms with van der Waals surface area (Å²) in [5.41, 5.74) is 6.76. The molecule has 0 amide bonds. The van der Waals surface area contributed by atoms with Gasteiger partial charge in [0.1, 0.15) is 11.4 Å². The van der Waals surface area contributed by atoms with E-state index in [2.05, 4.69) is 25.3 Å². The van der Waals surface area contributed by atoms with E-state index < -0.39 is 22.4 Å². The van der Waals surface area contributed by atoms with Crippen LogP contribution in [0.3, 0.4) is 0 Å². The van der Waals surface area contributed by atoms with Gasteiger partial charge < -0.3 is 24.3 Å². The molecule has 34 heavy (non-hydrogen) atoms. The third kappa shape index (κ3) is 4.56. The number of esters is 1. The molecule has 0 saturated carbocycles. The lowest BCUT2D eigenvalue weighted by atomic mass is 10.0. The Morgan fingerprint density at radius 1 is 1.06 bits per heavy atom. The number of nitrogens with zero attached hydrogens (tertiary/aromatic N) is 2. The Hall–Kier alpha value is -2.87. The van der Waals surface area contributed by atoms with Crippen LogP contribution in [0.5, 0.6) is 5.75 Å². The van der Waals surface area contributed by atoms with E-state index in [0.29, 0.717) is 16.5 Å². The molecule has 0 bridgehead atoms. The summed E-state index contributed by atoms with van der Waals surface area (Å²) in [7, 11) is 0. The van der Waals surface area contributed by atoms with Gasteiger partial charge in [-0.3, -0.25) is 9.59 Å². The molecule has 0 atom stereocenters. The zero-order chi connectivity index (χ0) is 25.4. The Morgan fingerprint density at radius 2 is 1.68 bits per heavy atom. The van der Waals surface area contributed by atoms with Crippen LogP contribution >= 0.6 is 0 Å². The van der Waals surface area contributed by atoms with Crippen molar-refractivity contribution in [2.24, 2.45) is 0 Å². The monoisotopic (exact) mass is 472 g/mol. The van der Waals surface area contributed by atoms with Crippen LogP contribution in [0.4, 0.5) is 5.69 Å². The molecular weight excluding hydrogens is 434 g/mol. The van der Waals surface area contributed by atoms with E-state index in [9.17, 15) is 14.4 Å². The maximum Gasteiger partial charge on any atom is 0.344 e.